The number of aliphatic hydroxyl groups excluding tert-OH is 1. The van der Waals surface area contributed by atoms with Gasteiger partial charge in [0.05, 0.1) is 19.2 Å². The summed E-state index contributed by atoms with van der Waals surface area (Å²) in [5.41, 5.74) is 0. The first-order valence-corrected chi connectivity index (χ1v) is 27.8. The van der Waals surface area contributed by atoms with E-state index >= 15 is 9.59 Å². The first kappa shape index (κ1) is 70.9. The van der Waals surface area contributed by atoms with Crippen LogP contribution >= 0.6 is 0 Å². The quantitative estimate of drug-likeness (QED) is 0.173. The standard InChI is InChI=1S/C56H99N11O12/c1-22-24-25-35(11)47(70)46-50(73)60-39(23-2)52(75)62(16)30-44(69)61(15)29-43(68)59-40(26-31(3)4)53(76)63(17)38(14)49(72)57-36(12)48(71)58-37(13)51(74)64(18)41(27-32(5)6)54(77)65(19)42(28-33(7)8)55(78)66(20)45(34(9)10)56(79)67(46)21/h22,24,31-42,45-47,70H,23,25-30H2,1-21H3,(H,57,72)(H,58,71)(H,59,68)(H,60,73)/b24-22+/t35-,36+,37-,38+,39+,40+,41+,42+,45+,46+,47-/m1/s1. The normalized spacial score (nSPS) is 26.9. The number of nitrogens with one attached hydrogen (secondary N) is 4. The number of hydrogen-bond acceptors (Lipinski definition) is 12. The van der Waals surface area contributed by atoms with Crippen molar-refractivity contribution in [1.29, 1.82) is 0 Å². The zero-order valence-corrected chi connectivity index (χ0v) is 51.3. The molecular weight excluding hydrogens is 1020 g/mol. The lowest BCUT2D eigenvalue weighted by Gasteiger charge is -2.41. The smallest absolute Gasteiger partial charge is 0.246 e. The van der Waals surface area contributed by atoms with E-state index in [-0.39, 0.29) is 43.4 Å². The first-order valence-electron chi connectivity index (χ1n) is 27.8. The van der Waals surface area contributed by atoms with Gasteiger partial charge in [-0.2, -0.15) is 0 Å². The van der Waals surface area contributed by atoms with Gasteiger partial charge in [-0.1, -0.05) is 81.4 Å². The van der Waals surface area contributed by atoms with Crippen molar-refractivity contribution >= 4 is 65.0 Å². The molecule has 1 aliphatic heterocycles. The number of allylic oxidation sites excluding steroid dienone is 2. The summed E-state index contributed by atoms with van der Waals surface area (Å²) in [6.45, 7) is 22.9. The van der Waals surface area contributed by atoms with Crippen molar-refractivity contribution in [2.24, 2.45) is 29.6 Å². The van der Waals surface area contributed by atoms with Crippen molar-refractivity contribution in [2.75, 3.05) is 62.4 Å². The van der Waals surface area contributed by atoms with E-state index in [0.29, 0.717) is 6.42 Å². The minimum Gasteiger partial charge on any atom is -0.390 e. The molecule has 0 aliphatic carbocycles. The Labute approximate surface area is 470 Å². The van der Waals surface area contributed by atoms with Crippen LogP contribution in [0.15, 0.2) is 12.2 Å². The van der Waals surface area contributed by atoms with E-state index < -0.39 is 150 Å². The maximum Gasteiger partial charge on any atom is 0.246 e. The van der Waals surface area contributed by atoms with Crippen LogP contribution in [-0.2, 0) is 52.7 Å². The Morgan fingerprint density at radius 1 is 0.506 bits per heavy atom. The second kappa shape index (κ2) is 32.2. The summed E-state index contributed by atoms with van der Waals surface area (Å²) in [7, 11) is 9.71. The van der Waals surface area contributed by atoms with Crippen LogP contribution in [0.5, 0.6) is 0 Å². The molecule has 1 fully saturated rings. The SMILES string of the molecule is C/C=C/C[C@@H](C)[C@@H](O)[C@H]1C(=O)N[C@@H](CC)C(=O)N(C)CC(=O)N(C)CC(=O)N[C@@H](CC(C)C)C(=O)N(C)[C@@H](C)C(=O)N[C@@H](C)C(=O)N[C@H](C)C(=O)N(C)[C@@H](CC(C)C)C(=O)N(C)[C@@H](CC(C)C)C(=O)N(C)[C@@H](C(C)C)C(=O)N1C. The Morgan fingerprint density at radius 2 is 0.987 bits per heavy atom. The van der Waals surface area contributed by atoms with Crippen LogP contribution in [0.2, 0.25) is 0 Å². The fourth-order valence-corrected chi connectivity index (χ4v) is 9.48. The van der Waals surface area contributed by atoms with E-state index in [1.54, 1.807) is 46.8 Å². The molecule has 23 nitrogen and oxygen atoms in total. The maximum absolute atomic E-state index is 15.0. The summed E-state index contributed by atoms with van der Waals surface area (Å²) in [5.74, 6) is -9.17. The van der Waals surface area contributed by atoms with Crippen molar-refractivity contribution in [3.63, 3.8) is 0 Å². The summed E-state index contributed by atoms with van der Waals surface area (Å²) in [6.07, 6.45) is 2.89. The molecule has 450 valence electrons. The molecule has 11 amide bonds. The van der Waals surface area contributed by atoms with Gasteiger partial charge in [-0.05, 0) is 89.4 Å². The Kier molecular flexibility index (Phi) is 28.9. The Morgan fingerprint density at radius 3 is 1.47 bits per heavy atom. The van der Waals surface area contributed by atoms with Crippen LogP contribution in [0.4, 0.5) is 0 Å². The topological polar surface area (TPSA) is 279 Å². The summed E-state index contributed by atoms with van der Waals surface area (Å²) >= 11 is 0. The van der Waals surface area contributed by atoms with Crippen LogP contribution in [-0.4, -0.2) is 227 Å². The number of rotatable bonds is 12. The minimum absolute atomic E-state index is 0.0281. The Bertz CT molecular complexity index is 2170. The zero-order chi connectivity index (χ0) is 61.2. The van der Waals surface area contributed by atoms with E-state index in [4.69, 9.17) is 0 Å². The predicted octanol–water partition coefficient (Wildman–Crippen LogP) is 1.22. The maximum atomic E-state index is 15.0. The van der Waals surface area contributed by atoms with Crippen LogP contribution in [0.3, 0.4) is 0 Å². The minimum atomic E-state index is -1.60. The first-order chi connectivity index (χ1) is 36.5. The molecule has 5 N–H and O–H groups in total. The number of nitrogens with zero attached hydrogens (tertiary/aromatic N) is 7. The molecule has 11 atom stereocenters. The molecule has 79 heavy (non-hydrogen) atoms. The number of carbonyl (C=O) groups excluding carboxylic acids is 11. The summed E-state index contributed by atoms with van der Waals surface area (Å²) < 4.78 is 0. The Balaban J connectivity index is 4.13. The van der Waals surface area contributed by atoms with E-state index in [0.717, 1.165) is 19.6 Å². The summed E-state index contributed by atoms with van der Waals surface area (Å²) in [4.78, 5) is 164. The molecule has 1 aliphatic rings. The number of likely N-dealkylation sites (N-methyl/N-ethyl adjacent to an activating group) is 7. The van der Waals surface area contributed by atoms with E-state index in [1.807, 2.05) is 41.5 Å². The van der Waals surface area contributed by atoms with Gasteiger partial charge < -0.3 is 60.7 Å². The molecule has 0 bridgehead atoms. The van der Waals surface area contributed by atoms with Crippen molar-refractivity contribution < 1.29 is 57.8 Å². The van der Waals surface area contributed by atoms with Gasteiger partial charge in [0.15, 0.2) is 0 Å². The second-order valence-electron chi connectivity index (χ2n) is 23.2. The van der Waals surface area contributed by atoms with Crippen LogP contribution < -0.4 is 21.3 Å². The van der Waals surface area contributed by atoms with Gasteiger partial charge in [0.25, 0.3) is 0 Å². The fraction of sp³-hybridized carbons (Fsp3) is 0.768. The summed E-state index contributed by atoms with van der Waals surface area (Å²) in [6, 6.07) is -11.1. The number of carbonyl (C=O) groups is 11. The average molecular weight is 1120 g/mol. The van der Waals surface area contributed by atoms with E-state index in [1.165, 1.54) is 84.8 Å². The Hall–Kier alpha value is -6.13. The number of aliphatic hydroxyl groups is 1. The van der Waals surface area contributed by atoms with Crippen LogP contribution in [0.1, 0.15) is 129 Å². The molecule has 0 aromatic rings. The lowest BCUT2D eigenvalue weighted by Crippen LogP contribution is -2.63. The zero-order valence-electron chi connectivity index (χ0n) is 51.3. The fourth-order valence-electron chi connectivity index (χ4n) is 9.48. The van der Waals surface area contributed by atoms with Crippen molar-refractivity contribution in [2.45, 2.75) is 190 Å². The highest BCUT2D eigenvalue weighted by Crippen LogP contribution is 2.25. The molecular formula is C56H99N11O12. The van der Waals surface area contributed by atoms with Crippen molar-refractivity contribution in [3.05, 3.63) is 12.2 Å². The molecule has 0 saturated carbocycles. The van der Waals surface area contributed by atoms with Gasteiger partial charge in [0.1, 0.15) is 54.4 Å². The lowest BCUT2D eigenvalue weighted by atomic mass is 9.91. The van der Waals surface area contributed by atoms with Gasteiger partial charge in [0.2, 0.25) is 65.0 Å². The molecule has 0 radical (unpaired) electrons. The van der Waals surface area contributed by atoms with Gasteiger partial charge in [-0.3, -0.25) is 52.7 Å². The van der Waals surface area contributed by atoms with Crippen LogP contribution in [0.25, 0.3) is 0 Å². The monoisotopic (exact) mass is 1120 g/mol. The molecule has 1 saturated heterocycles. The molecule has 0 unspecified atom stereocenters. The van der Waals surface area contributed by atoms with Crippen LogP contribution in [0, 0.1) is 29.6 Å². The third-order valence-corrected chi connectivity index (χ3v) is 14.6. The second-order valence-corrected chi connectivity index (χ2v) is 23.2. The third-order valence-electron chi connectivity index (χ3n) is 14.6. The molecule has 0 spiro atoms. The highest BCUT2D eigenvalue weighted by molar-refractivity contribution is 5.99. The third kappa shape index (κ3) is 20.2. The molecule has 0 aromatic heterocycles. The van der Waals surface area contributed by atoms with Crippen molar-refractivity contribution in [3.8, 4) is 0 Å². The number of hydrogen-bond donors (Lipinski definition) is 5. The van der Waals surface area contributed by atoms with E-state index in [2.05, 4.69) is 21.3 Å². The highest BCUT2D eigenvalue weighted by atomic mass is 16.3. The van der Waals surface area contributed by atoms with Crippen molar-refractivity contribution in [1.82, 2.24) is 55.6 Å². The average Bonchev–Trinajstić information content (AvgIpc) is 3.36. The molecule has 23 heteroatoms. The van der Waals surface area contributed by atoms with Gasteiger partial charge in [0, 0.05) is 49.3 Å². The summed E-state index contributed by atoms with van der Waals surface area (Å²) in [5, 5.41) is 22.6. The van der Waals surface area contributed by atoms with Gasteiger partial charge in [-0.15, -0.1) is 0 Å². The molecule has 0 aromatic carbocycles. The lowest BCUT2D eigenvalue weighted by molar-refractivity contribution is -0.157. The number of amides is 11. The van der Waals surface area contributed by atoms with Gasteiger partial charge >= 0.3 is 0 Å². The predicted molar refractivity (Wildman–Crippen MR) is 301 cm³/mol. The highest BCUT2D eigenvalue weighted by Gasteiger charge is 2.45. The largest absolute Gasteiger partial charge is 0.390 e. The van der Waals surface area contributed by atoms with Gasteiger partial charge in [-0.25, -0.2) is 0 Å². The van der Waals surface area contributed by atoms with E-state index in [9.17, 15) is 48.3 Å². The molecule has 1 heterocycles. The molecule has 1 rings (SSSR count).